The summed E-state index contributed by atoms with van der Waals surface area (Å²) in [5.74, 6) is -0.317. The zero-order valence-corrected chi connectivity index (χ0v) is 19.3. The molecule has 1 aliphatic heterocycles. The lowest BCUT2D eigenvalue weighted by atomic mass is 10.1. The first-order valence-electron chi connectivity index (χ1n) is 11.0. The average Bonchev–Trinajstić information content (AvgIpc) is 2.81. The van der Waals surface area contributed by atoms with Crippen LogP contribution in [-0.4, -0.2) is 42.9 Å². The first kappa shape index (κ1) is 22.9. The van der Waals surface area contributed by atoms with E-state index in [4.69, 9.17) is 0 Å². The Hall–Kier alpha value is -3.23. The molecule has 1 N–H and O–H groups in total. The highest BCUT2D eigenvalue weighted by Gasteiger charge is 2.28. The molecular weight excluding hydrogens is 438 g/mol. The third-order valence-electron chi connectivity index (χ3n) is 5.84. The van der Waals surface area contributed by atoms with Gasteiger partial charge in [0.05, 0.1) is 11.4 Å². The number of carbonyl (C=O) groups is 1. The first-order chi connectivity index (χ1) is 15.8. The Morgan fingerprint density at radius 3 is 2.42 bits per heavy atom. The second-order valence-corrected chi connectivity index (χ2v) is 10.1. The molecule has 33 heavy (non-hydrogen) atoms. The molecule has 1 amide bonds. The monoisotopic (exact) mass is 465 g/mol. The summed E-state index contributed by atoms with van der Waals surface area (Å²) in [5.41, 5.74) is 1.91. The van der Waals surface area contributed by atoms with Gasteiger partial charge in [0, 0.05) is 25.3 Å². The number of piperidine rings is 1. The Labute approximate surface area is 193 Å². The molecule has 8 heteroatoms. The summed E-state index contributed by atoms with van der Waals surface area (Å²) in [7, 11) is -3.60. The van der Waals surface area contributed by atoms with Crippen LogP contribution in [0.3, 0.4) is 0 Å². The van der Waals surface area contributed by atoms with E-state index < -0.39 is 10.0 Å². The van der Waals surface area contributed by atoms with Crippen LogP contribution in [0.1, 0.15) is 34.3 Å². The van der Waals surface area contributed by atoms with E-state index in [1.165, 1.54) is 0 Å². The number of hydrogen-bond donors (Lipinski definition) is 1. The molecule has 1 aromatic heterocycles. The minimum Gasteiger partial charge on any atom is -0.338 e. The van der Waals surface area contributed by atoms with Crippen molar-refractivity contribution in [2.75, 3.05) is 13.1 Å². The van der Waals surface area contributed by atoms with Crippen LogP contribution in [0, 0.1) is 6.92 Å². The third kappa shape index (κ3) is 5.40. The molecule has 3 aromatic rings. The van der Waals surface area contributed by atoms with Crippen LogP contribution in [0.4, 0.5) is 0 Å². The van der Waals surface area contributed by atoms with Crippen LogP contribution in [-0.2, 0) is 16.6 Å². The fraction of sp³-hybridized carbons (Fsp3) is 0.280. The lowest BCUT2D eigenvalue weighted by Gasteiger charge is -2.32. The van der Waals surface area contributed by atoms with Crippen molar-refractivity contribution < 1.29 is 13.2 Å². The molecule has 0 radical (unpaired) electrons. The molecule has 0 aliphatic carbocycles. The Bertz CT molecular complexity index is 1290. The number of rotatable bonds is 6. The molecule has 4 rings (SSSR count). The fourth-order valence-electron chi connectivity index (χ4n) is 4.09. The second-order valence-electron chi connectivity index (χ2n) is 8.34. The van der Waals surface area contributed by atoms with Gasteiger partial charge in [-0.1, -0.05) is 48.0 Å². The molecule has 0 unspecified atom stereocenters. The van der Waals surface area contributed by atoms with Gasteiger partial charge in [0.1, 0.15) is 5.56 Å². The van der Waals surface area contributed by atoms with Crippen LogP contribution < -0.4 is 10.3 Å². The summed E-state index contributed by atoms with van der Waals surface area (Å²) < 4.78 is 29.4. The normalized spacial score (nSPS) is 14.9. The van der Waals surface area contributed by atoms with Gasteiger partial charge in [-0.25, -0.2) is 13.1 Å². The highest BCUT2D eigenvalue weighted by Crippen LogP contribution is 2.16. The van der Waals surface area contributed by atoms with Gasteiger partial charge in [-0.2, -0.15) is 0 Å². The number of nitrogens with one attached hydrogen (secondary N) is 1. The molecule has 0 bridgehead atoms. The van der Waals surface area contributed by atoms with Crippen LogP contribution in [0.15, 0.2) is 82.6 Å². The number of aryl methyl sites for hydroxylation is 1. The SMILES string of the molecule is Cc1cccc(Cn2cccc(C(=O)N3CCC(NS(=O)(=O)c4ccccc4)CC3)c2=O)c1. The summed E-state index contributed by atoms with van der Waals surface area (Å²) in [6.45, 7) is 3.15. The minimum absolute atomic E-state index is 0.133. The molecule has 1 saturated heterocycles. The summed E-state index contributed by atoms with van der Waals surface area (Å²) in [5, 5.41) is 0. The van der Waals surface area contributed by atoms with E-state index in [9.17, 15) is 18.0 Å². The molecule has 1 aliphatic rings. The number of aromatic nitrogens is 1. The van der Waals surface area contributed by atoms with Gasteiger partial charge in [0.2, 0.25) is 10.0 Å². The van der Waals surface area contributed by atoms with Crippen molar-refractivity contribution in [3.05, 3.63) is 100.0 Å². The maximum Gasteiger partial charge on any atom is 0.263 e. The van der Waals surface area contributed by atoms with Crippen LogP contribution in [0.25, 0.3) is 0 Å². The quantitative estimate of drug-likeness (QED) is 0.606. The smallest absolute Gasteiger partial charge is 0.263 e. The van der Waals surface area contributed by atoms with Gasteiger partial charge >= 0.3 is 0 Å². The third-order valence-corrected chi connectivity index (χ3v) is 7.38. The van der Waals surface area contributed by atoms with Gasteiger partial charge < -0.3 is 9.47 Å². The highest BCUT2D eigenvalue weighted by molar-refractivity contribution is 7.89. The number of sulfonamides is 1. The average molecular weight is 466 g/mol. The van der Waals surface area contributed by atoms with Gasteiger partial charge in [0.25, 0.3) is 11.5 Å². The molecule has 0 atom stereocenters. The zero-order valence-electron chi connectivity index (χ0n) is 18.5. The summed E-state index contributed by atoms with van der Waals surface area (Å²) in [6.07, 6.45) is 2.66. The molecule has 2 heterocycles. The molecule has 172 valence electrons. The summed E-state index contributed by atoms with van der Waals surface area (Å²) >= 11 is 0. The van der Waals surface area contributed by atoms with Crippen LogP contribution >= 0.6 is 0 Å². The maximum absolute atomic E-state index is 13.1. The lowest BCUT2D eigenvalue weighted by Crippen LogP contribution is -2.47. The van der Waals surface area contributed by atoms with E-state index in [1.54, 1.807) is 58.1 Å². The van der Waals surface area contributed by atoms with Crippen molar-refractivity contribution in [2.24, 2.45) is 0 Å². The van der Waals surface area contributed by atoms with E-state index >= 15 is 0 Å². The topological polar surface area (TPSA) is 88.5 Å². The predicted octanol–water partition coefficient (Wildman–Crippen LogP) is 2.79. The predicted molar refractivity (Wildman–Crippen MR) is 127 cm³/mol. The van der Waals surface area contributed by atoms with E-state index in [-0.39, 0.29) is 28.0 Å². The van der Waals surface area contributed by atoms with Crippen molar-refractivity contribution in [1.82, 2.24) is 14.2 Å². The van der Waals surface area contributed by atoms with E-state index in [0.29, 0.717) is 32.5 Å². The van der Waals surface area contributed by atoms with Gasteiger partial charge in [-0.15, -0.1) is 0 Å². The van der Waals surface area contributed by atoms with Crippen molar-refractivity contribution >= 4 is 15.9 Å². The van der Waals surface area contributed by atoms with Gasteiger partial charge in [0.15, 0.2) is 0 Å². The Morgan fingerprint density at radius 1 is 1.00 bits per heavy atom. The molecule has 0 spiro atoms. The van der Waals surface area contributed by atoms with Crippen molar-refractivity contribution in [3.63, 3.8) is 0 Å². The number of hydrogen-bond acceptors (Lipinski definition) is 4. The fourth-order valence-corrected chi connectivity index (χ4v) is 5.42. The molecule has 7 nitrogen and oxygen atoms in total. The van der Waals surface area contributed by atoms with Crippen molar-refractivity contribution in [1.29, 1.82) is 0 Å². The van der Waals surface area contributed by atoms with Crippen molar-refractivity contribution in [2.45, 2.75) is 37.2 Å². The number of benzene rings is 2. The van der Waals surface area contributed by atoms with Crippen LogP contribution in [0.5, 0.6) is 0 Å². The number of carbonyl (C=O) groups excluding carboxylic acids is 1. The van der Waals surface area contributed by atoms with E-state index in [1.807, 2.05) is 31.2 Å². The number of pyridine rings is 1. The molecular formula is C25H27N3O4S. The number of likely N-dealkylation sites (tertiary alicyclic amines) is 1. The van der Waals surface area contributed by atoms with E-state index in [2.05, 4.69) is 4.72 Å². The largest absolute Gasteiger partial charge is 0.338 e. The van der Waals surface area contributed by atoms with E-state index in [0.717, 1.165) is 11.1 Å². The number of amides is 1. The second kappa shape index (κ2) is 9.72. The van der Waals surface area contributed by atoms with Gasteiger partial charge in [-0.05, 0) is 49.6 Å². The summed E-state index contributed by atoms with van der Waals surface area (Å²) in [6, 6.07) is 19.2. The van der Waals surface area contributed by atoms with Crippen molar-refractivity contribution in [3.8, 4) is 0 Å². The zero-order chi connectivity index (χ0) is 23.4. The lowest BCUT2D eigenvalue weighted by molar-refractivity contribution is 0.0709. The standard InChI is InChI=1S/C25H27N3O4S/c1-19-7-5-8-20(17-19)18-28-14-6-11-23(25(28)30)24(29)27-15-12-21(13-16-27)26-33(31,32)22-9-3-2-4-10-22/h2-11,14,17,21,26H,12-13,15-16,18H2,1H3. The molecule has 2 aromatic carbocycles. The minimum atomic E-state index is -3.60. The Balaban J connectivity index is 1.41. The maximum atomic E-state index is 13.1. The summed E-state index contributed by atoms with van der Waals surface area (Å²) in [4.78, 5) is 27.9. The molecule has 1 fully saturated rings. The van der Waals surface area contributed by atoms with Crippen LogP contribution in [0.2, 0.25) is 0 Å². The Kier molecular flexibility index (Phi) is 6.76. The molecule has 0 saturated carbocycles. The Morgan fingerprint density at radius 2 is 1.73 bits per heavy atom. The highest BCUT2D eigenvalue weighted by atomic mass is 32.2. The van der Waals surface area contributed by atoms with Gasteiger partial charge in [-0.3, -0.25) is 9.59 Å². The number of nitrogens with zero attached hydrogens (tertiary/aromatic N) is 2. The first-order valence-corrected chi connectivity index (χ1v) is 12.4.